The molecule has 1 fully saturated rings. The Kier molecular flexibility index (Phi) is 5.16. The fraction of sp³-hybridized carbons (Fsp3) is 0.588. The molecule has 0 aliphatic heterocycles. The van der Waals surface area contributed by atoms with Gasteiger partial charge in [0.15, 0.2) is 11.5 Å². The van der Waals surface area contributed by atoms with Gasteiger partial charge >= 0.3 is 0 Å². The van der Waals surface area contributed by atoms with E-state index < -0.39 is 0 Å². The lowest BCUT2D eigenvalue weighted by molar-refractivity contribution is -0.130. The summed E-state index contributed by atoms with van der Waals surface area (Å²) in [6.07, 6.45) is 4.20. The van der Waals surface area contributed by atoms with Gasteiger partial charge in [0.2, 0.25) is 11.7 Å². The van der Waals surface area contributed by atoms with E-state index in [0.717, 1.165) is 31.2 Å². The number of hydrogen-bond acceptors (Lipinski definition) is 4. The Hall–Kier alpha value is -1.91. The standard InChI is InChI=1S/C17H25NO4/c1-17(7-5-6-8-17)16(19)18-11-12-9-13(20-2)15(22-4)14(10-12)21-3/h9-10H,5-8,11H2,1-4H3,(H,18,19). The summed E-state index contributed by atoms with van der Waals surface area (Å²) in [5.41, 5.74) is 0.699. The van der Waals surface area contributed by atoms with Crippen molar-refractivity contribution in [1.29, 1.82) is 0 Å². The molecule has 122 valence electrons. The van der Waals surface area contributed by atoms with Crippen molar-refractivity contribution in [3.8, 4) is 17.2 Å². The zero-order chi connectivity index (χ0) is 16.2. The van der Waals surface area contributed by atoms with Gasteiger partial charge in [0, 0.05) is 12.0 Å². The Labute approximate surface area is 131 Å². The van der Waals surface area contributed by atoms with Crippen LogP contribution < -0.4 is 19.5 Å². The highest BCUT2D eigenvalue weighted by Gasteiger charge is 2.35. The van der Waals surface area contributed by atoms with E-state index in [1.807, 2.05) is 19.1 Å². The van der Waals surface area contributed by atoms with E-state index >= 15 is 0 Å². The maximum absolute atomic E-state index is 12.4. The van der Waals surface area contributed by atoms with Crippen LogP contribution in [0.4, 0.5) is 0 Å². The first-order chi connectivity index (χ1) is 10.5. The van der Waals surface area contributed by atoms with Crippen molar-refractivity contribution in [3.05, 3.63) is 17.7 Å². The minimum Gasteiger partial charge on any atom is -0.493 e. The van der Waals surface area contributed by atoms with Gasteiger partial charge in [0.25, 0.3) is 0 Å². The van der Waals surface area contributed by atoms with Gasteiger partial charge in [-0.2, -0.15) is 0 Å². The second kappa shape index (κ2) is 6.90. The molecule has 22 heavy (non-hydrogen) atoms. The number of nitrogens with one attached hydrogen (secondary N) is 1. The monoisotopic (exact) mass is 307 g/mol. The molecule has 1 aromatic rings. The van der Waals surface area contributed by atoms with Crippen LogP contribution in [0, 0.1) is 5.41 Å². The Morgan fingerprint density at radius 2 is 1.64 bits per heavy atom. The summed E-state index contributed by atoms with van der Waals surface area (Å²) in [4.78, 5) is 12.4. The quantitative estimate of drug-likeness (QED) is 0.878. The van der Waals surface area contributed by atoms with Crippen LogP contribution in [0.25, 0.3) is 0 Å². The number of ether oxygens (including phenoxy) is 3. The van der Waals surface area contributed by atoms with Gasteiger partial charge in [-0.3, -0.25) is 4.79 Å². The Bertz CT molecular complexity index is 510. The molecule has 0 heterocycles. The largest absolute Gasteiger partial charge is 0.493 e. The normalized spacial score (nSPS) is 16.2. The molecule has 1 saturated carbocycles. The Morgan fingerprint density at radius 3 is 2.09 bits per heavy atom. The lowest BCUT2D eigenvalue weighted by Gasteiger charge is -2.22. The molecule has 0 atom stereocenters. The third kappa shape index (κ3) is 3.29. The second-order valence-corrected chi connectivity index (χ2v) is 5.98. The minimum atomic E-state index is -0.222. The summed E-state index contributed by atoms with van der Waals surface area (Å²) in [6, 6.07) is 3.72. The summed E-state index contributed by atoms with van der Waals surface area (Å²) in [5, 5.41) is 3.03. The number of methoxy groups -OCH3 is 3. The van der Waals surface area contributed by atoms with Crippen molar-refractivity contribution in [1.82, 2.24) is 5.32 Å². The van der Waals surface area contributed by atoms with E-state index in [1.165, 1.54) is 0 Å². The number of carbonyl (C=O) groups is 1. The topological polar surface area (TPSA) is 56.8 Å². The Morgan fingerprint density at radius 1 is 1.09 bits per heavy atom. The van der Waals surface area contributed by atoms with Gasteiger partial charge in [-0.05, 0) is 30.5 Å². The summed E-state index contributed by atoms with van der Waals surface area (Å²) in [6.45, 7) is 2.50. The van der Waals surface area contributed by atoms with Crippen LogP contribution in [0.3, 0.4) is 0 Å². The summed E-state index contributed by atoms with van der Waals surface area (Å²) in [5.74, 6) is 1.87. The van der Waals surface area contributed by atoms with Gasteiger partial charge < -0.3 is 19.5 Å². The molecule has 1 aliphatic carbocycles. The highest BCUT2D eigenvalue weighted by atomic mass is 16.5. The van der Waals surface area contributed by atoms with E-state index in [-0.39, 0.29) is 11.3 Å². The van der Waals surface area contributed by atoms with Gasteiger partial charge in [0.1, 0.15) is 0 Å². The third-order valence-electron chi connectivity index (χ3n) is 4.43. The highest BCUT2D eigenvalue weighted by Crippen LogP contribution is 2.39. The molecule has 0 aromatic heterocycles. The van der Waals surface area contributed by atoms with Gasteiger partial charge in [-0.15, -0.1) is 0 Å². The first kappa shape index (κ1) is 16.5. The zero-order valence-electron chi connectivity index (χ0n) is 13.8. The molecule has 0 spiro atoms. The molecule has 1 aromatic carbocycles. The van der Waals surface area contributed by atoms with Crippen molar-refractivity contribution in [2.24, 2.45) is 5.41 Å². The summed E-state index contributed by atoms with van der Waals surface area (Å²) in [7, 11) is 4.74. The molecular weight excluding hydrogens is 282 g/mol. The van der Waals surface area contributed by atoms with Crippen LogP contribution in [0.15, 0.2) is 12.1 Å². The molecule has 1 aliphatic rings. The lowest BCUT2D eigenvalue weighted by atomic mass is 9.88. The van der Waals surface area contributed by atoms with Gasteiger partial charge in [-0.25, -0.2) is 0 Å². The fourth-order valence-electron chi connectivity index (χ4n) is 3.02. The zero-order valence-corrected chi connectivity index (χ0v) is 13.8. The molecule has 0 unspecified atom stereocenters. The van der Waals surface area contributed by atoms with E-state index in [2.05, 4.69) is 5.32 Å². The van der Waals surface area contributed by atoms with Gasteiger partial charge in [0.05, 0.1) is 21.3 Å². The third-order valence-corrected chi connectivity index (χ3v) is 4.43. The minimum absolute atomic E-state index is 0.124. The number of benzene rings is 1. The van der Waals surface area contributed by atoms with E-state index in [9.17, 15) is 4.79 Å². The lowest BCUT2D eigenvalue weighted by Crippen LogP contribution is -2.36. The van der Waals surface area contributed by atoms with Crippen LogP contribution in [0.5, 0.6) is 17.2 Å². The first-order valence-electron chi connectivity index (χ1n) is 7.61. The van der Waals surface area contributed by atoms with Crippen molar-refractivity contribution in [3.63, 3.8) is 0 Å². The van der Waals surface area contributed by atoms with Crippen LogP contribution >= 0.6 is 0 Å². The van der Waals surface area contributed by atoms with Crippen molar-refractivity contribution in [2.45, 2.75) is 39.2 Å². The van der Waals surface area contributed by atoms with Crippen LogP contribution in [0.2, 0.25) is 0 Å². The second-order valence-electron chi connectivity index (χ2n) is 5.98. The Balaban J connectivity index is 2.11. The number of hydrogen-bond donors (Lipinski definition) is 1. The molecule has 1 amide bonds. The first-order valence-corrected chi connectivity index (χ1v) is 7.61. The molecular formula is C17H25NO4. The van der Waals surface area contributed by atoms with Crippen LogP contribution in [-0.4, -0.2) is 27.2 Å². The molecule has 2 rings (SSSR count). The fourth-order valence-corrected chi connectivity index (χ4v) is 3.02. The van der Waals surface area contributed by atoms with Gasteiger partial charge in [-0.1, -0.05) is 19.8 Å². The SMILES string of the molecule is COc1cc(CNC(=O)C2(C)CCCC2)cc(OC)c1OC. The molecule has 1 N–H and O–H groups in total. The summed E-state index contributed by atoms with van der Waals surface area (Å²) < 4.78 is 16.0. The maximum atomic E-state index is 12.4. The maximum Gasteiger partial charge on any atom is 0.226 e. The van der Waals surface area contributed by atoms with E-state index in [1.54, 1.807) is 21.3 Å². The molecule has 5 nitrogen and oxygen atoms in total. The predicted molar refractivity (Wildman–Crippen MR) is 84.5 cm³/mol. The number of carbonyl (C=O) groups excluding carboxylic acids is 1. The molecule has 5 heteroatoms. The van der Waals surface area contributed by atoms with Crippen LogP contribution in [0.1, 0.15) is 38.2 Å². The number of amides is 1. The van der Waals surface area contributed by atoms with Crippen LogP contribution in [-0.2, 0) is 11.3 Å². The average Bonchev–Trinajstić information content (AvgIpc) is 2.99. The van der Waals surface area contributed by atoms with E-state index in [4.69, 9.17) is 14.2 Å². The average molecular weight is 307 g/mol. The molecule has 0 saturated heterocycles. The predicted octanol–water partition coefficient (Wildman–Crippen LogP) is 2.91. The molecule has 0 bridgehead atoms. The highest BCUT2D eigenvalue weighted by molar-refractivity contribution is 5.82. The smallest absolute Gasteiger partial charge is 0.226 e. The number of rotatable bonds is 6. The van der Waals surface area contributed by atoms with Crippen molar-refractivity contribution >= 4 is 5.91 Å². The molecule has 0 radical (unpaired) electrons. The summed E-state index contributed by atoms with van der Waals surface area (Å²) >= 11 is 0. The van der Waals surface area contributed by atoms with Crippen molar-refractivity contribution in [2.75, 3.05) is 21.3 Å². The van der Waals surface area contributed by atoms with Crippen molar-refractivity contribution < 1.29 is 19.0 Å². The van der Waals surface area contributed by atoms with E-state index in [0.29, 0.717) is 23.8 Å².